The van der Waals surface area contributed by atoms with Crippen LogP contribution in [0.4, 0.5) is 42.9 Å². The van der Waals surface area contributed by atoms with Crippen molar-refractivity contribution in [3.63, 3.8) is 0 Å². The van der Waals surface area contributed by atoms with E-state index in [-0.39, 0.29) is 11.6 Å². The molecule has 61 heavy (non-hydrogen) atoms. The first-order valence-electron chi connectivity index (χ1n) is 20.2. The Morgan fingerprint density at radius 3 is 1.41 bits per heavy atom. The second-order valence-corrected chi connectivity index (χ2v) is 15.6. The Hall–Kier alpha value is -7.90. The molecule has 12 rings (SSSR count). The molecule has 3 heterocycles. The van der Waals surface area contributed by atoms with Gasteiger partial charge in [-0.15, -0.1) is 0 Å². The van der Waals surface area contributed by atoms with Crippen molar-refractivity contribution in [3.8, 4) is 0 Å². The van der Waals surface area contributed by atoms with Gasteiger partial charge in [0, 0.05) is 61.2 Å². The van der Waals surface area contributed by atoms with E-state index in [1.807, 2.05) is 67.6 Å². The largest absolute Gasteiger partial charge is 0.456 e. The van der Waals surface area contributed by atoms with Crippen molar-refractivity contribution in [1.82, 2.24) is 0 Å². The van der Waals surface area contributed by atoms with Crippen LogP contribution in [0.2, 0.25) is 0 Å². The molecule has 0 amide bonds. The van der Waals surface area contributed by atoms with Crippen LogP contribution in [-0.2, 0) is 0 Å². The summed E-state index contributed by atoms with van der Waals surface area (Å²) in [4.78, 5) is 4.22. The normalized spacial score (nSPS) is 11.9. The minimum Gasteiger partial charge on any atom is -0.456 e. The molecule has 0 saturated carbocycles. The van der Waals surface area contributed by atoms with E-state index in [1.54, 1.807) is 24.3 Å². The molecule has 0 atom stereocenters. The van der Waals surface area contributed by atoms with Gasteiger partial charge in [0.05, 0.1) is 22.7 Å². The van der Waals surface area contributed by atoms with Crippen LogP contribution in [0.25, 0.3) is 76.6 Å². The molecule has 9 aromatic carbocycles. The number of hydrogen-bond acceptors (Lipinski definition) is 5. The van der Waals surface area contributed by atoms with Crippen LogP contribution >= 0.6 is 0 Å². The highest BCUT2D eigenvalue weighted by Gasteiger charge is 2.25. The van der Waals surface area contributed by atoms with Crippen LogP contribution in [-0.4, -0.2) is 0 Å². The van der Waals surface area contributed by atoms with Crippen molar-refractivity contribution in [2.24, 2.45) is 0 Å². The van der Waals surface area contributed by atoms with Crippen molar-refractivity contribution in [2.45, 2.75) is 13.8 Å². The Morgan fingerprint density at radius 2 is 0.820 bits per heavy atom. The maximum Gasteiger partial charge on any atom is 0.159 e. The smallest absolute Gasteiger partial charge is 0.159 e. The Kier molecular flexibility index (Phi) is 7.65. The number of furan rings is 3. The van der Waals surface area contributed by atoms with Crippen molar-refractivity contribution >= 4 is 111 Å². The molecule has 0 saturated heterocycles. The van der Waals surface area contributed by atoms with E-state index in [9.17, 15) is 8.78 Å². The molecule has 0 radical (unpaired) electrons. The summed E-state index contributed by atoms with van der Waals surface area (Å²) in [6, 6.07) is 54.3. The highest BCUT2D eigenvalue weighted by Crippen LogP contribution is 2.49. The number of fused-ring (bicyclic) bond motifs is 11. The second-order valence-electron chi connectivity index (χ2n) is 15.6. The van der Waals surface area contributed by atoms with Crippen LogP contribution in [0.3, 0.4) is 0 Å². The summed E-state index contributed by atoms with van der Waals surface area (Å²) in [7, 11) is 0. The molecule has 0 aliphatic rings. The molecule has 7 heteroatoms. The van der Waals surface area contributed by atoms with Crippen LogP contribution in [0.1, 0.15) is 11.1 Å². The molecule has 5 nitrogen and oxygen atoms in total. The van der Waals surface area contributed by atoms with Crippen molar-refractivity contribution < 1.29 is 22.0 Å². The molecular weight excluding hydrogens is 763 g/mol. The monoisotopic (exact) mass is 796 g/mol. The minimum atomic E-state index is -0.323. The van der Waals surface area contributed by atoms with Crippen molar-refractivity contribution in [2.75, 3.05) is 9.80 Å². The fourth-order valence-electron chi connectivity index (χ4n) is 9.19. The lowest BCUT2D eigenvalue weighted by Gasteiger charge is -2.27. The zero-order valence-corrected chi connectivity index (χ0v) is 33.0. The maximum atomic E-state index is 14.6. The third kappa shape index (κ3) is 5.37. The molecule has 12 aromatic rings. The van der Waals surface area contributed by atoms with Crippen LogP contribution in [0.5, 0.6) is 0 Å². The minimum absolute atomic E-state index is 0.321. The molecule has 3 aromatic heterocycles. The standard InChI is InChI=1S/C54H34F2N2O3/c1-31-9-5-13-40-42-15-7-17-45(53(42)60-51(31)40)57(35-23-19-33(55)20-24-35)37-27-28-44-48(29-37)59-49-30-47(38-11-3-4-12-39(38)50(44)49)58(36-25-21-34(56)22-26-36)46-18-8-16-43-41-14-6-10-32(2)52(41)61-54(43)46/h3-30H,1-2H3. The molecule has 0 spiro atoms. The van der Waals surface area contributed by atoms with Crippen LogP contribution in [0.15, 0.2) is 183 Å². The Bertz CT molecular complexity index is 3710. The van der Waals surface area contributed by atoms with Crippen LogP contribution < -0.4 is 9.80 Å². The average Bonchev–Trinajstić information content (AvgIpc) is 3.98. The third-order valence-corrected chi connectivity index (χ3v) is 12.0. The van der Waals surface area contributed by atoms with Crippen molar-refractivity contribution in [1.29, 1.82) is 0 Å². The summed E-state index contributed by atoms with van der Waals surface area (Å²) in [5.74, 6) is -0.644. The van der Waals surface area contributed by atoms with Gasteiger partial charge in [-0.3, -0.25) is 0 Å². The number of nitrogens with zero attached hydrogens (tertiary/aromatic N) is 2. The Labute approximate surface area is 347 Å². The predicted molar refractivity (Wildman–Crippen MR) is 245 cm³/mol. The highest BCUT2D eigenvalue weighted by atomic mass is 19.1. The number of aryl methyl sites for hydroxylation is 2. The molecule has 0 bridgehead atoms. The van der Waals surface area contributed by atoms with Gasteiger partial charge in [-0.05, 0) is 103 Å². The summed E-state index contributed by atoms with van der Waals surface area (Å²) in [5.41, 5.74) is 11.4. The Balaban J connectivity index is 1.09. The SMILES string of the molecule is Cc1cccc2c1oc1c(N(c3ccc(F)cc3)c3ccc4c(c3)oc3cc(N(c5ccc(F)cc5)c5cccc6c5oc5c(C)cccc56)c5ccccc5c34)cccc12. The number of para-hydroxylation sites is 4. The summed E-state index contributed by atoms with van der Waals surface area (Å²) in [6.45, 7) is 4.10. The van der Waals surface area contributed by atoms with Gasteiger partial charge < -0.3 is 23.1 Å². The number of benzene rings is 9. The first-order valence-corrected chi connectivity index (χ1v) is 20.2. The van der Waals surface area contributed by atoms with Gasteiger partial charge in [0.25, 0.3) is 0 Å². The highest BCUT2D eigenvalue weighted by molar-refractivity contribution is 6.23. The van der Waals surface area contributed by atoms with E-state index in [0.717, 1.165) is 111 Å². The van der Waals surface area contributed by atoms with Crippen LogP contribution in [0, 0.1) is 25.5 Å². The van der Waals surface area contributed by atoms with E-state index >= 15 is 0 Å². The quantitative estimate of drug-likeness (QED) is 0.168. The Morgan fingerprint density at radius 1 is 0.344 bits per heavy atom. The first-order chi connectivity index (χ1) is 29.9. The van der Waals surface area contributed by atoms with E-state index < -0.39 is 0 Å². The van der Waals surface area contributed by atoms with Crippen molar-refractivity contribution in [3.05, 3.63) is 193 Å². The first kappa shape index (κ1) is 35.1. The summed E-state index contributed by atoms with van der Waals surface area (Å²) >= 11 is 0. The predicted octanol–water partition coefficient (Wildman–Crippen LogP) is 16.4. The maximum absolute atomic E-state index is 14.6. The molecule has 0 aliphatic carbocycles. The molecule has 0 aliphatic heterocycles. The van der Waals surface area contributed by atoms with Gasteiger partial charge in [0.2, 0.25) is 0 Å². The van der Waals surface area contributed by atoms with Gasteiger partial charge >= 0.3 is 0 Å². The molecule has 0 fully saturated rings. The van der Waals surface area contributed by atoms with E-state index in [4.69, 9.17) is 13.3 Å². The fourth-order valence-corrected chi connectivity index (χ4v) is 9.19. The summed E-state index contributed by atoms with van der Waals surface area (Å²) in [6.07, 6.45) is 0. The lowest BCUT2D eigenvalue weighted by Crippen LogP contribution is -2.11. The van der Waals surface area contributed by atoms with E-state index in [1.165, 1.54) is 24.3 Å². The lowest BCUT2D eigenvalue weighted by atomic mass is 10.00. The zero-order valence-electron chi connectivity index (χ0n) is 33.0. The van der Waals surface area contributed by atoms with Gasteiger partial charge in [0.15, 0.2) is 11.2 Å². The molecule has 0 N–H and O–H groups in total. The van der Waals surface area contributed by atoms with Gasteiger partial charge in [-0.1, -0.05) is 84.9 Å². The number of rotatable bonds is 6. The third-order valence-electron chi connectivity index (χ3n) is 12.0. The van der Waals surface area contributed by atoms with E-state index in [2.05, 4.69) is 77.4 Å². The van der Waals surface area contributed by atoms with Gasteiger partial charge in [-0.25, -0.2) is 8.78 Å². The topological polar surface area (TPSA) is 45.9 Å². The zero-order chi connectivity index (χ0) is 40.9. The lowest BCUT2D eigenvalue weighted by molar-refractivity contribution is 0.627. The molecular formula is C54H34F2N2O3. The van der Waals surface area contributed by atoms with Gasteiger partial charge in [0.1, 0.15) is 34.0 Å². The van der Waals surface area contributed by atoms with E-state index in [0.29, 0.717) is 11.2 Å². The second kappa shape index (κ2) is 13.3. The number of hydrogen-bond donors (Lipinski definition) is 0. The van der Waals surface area contributed by atoms with Gasteiger partial charge in [-0.2, -0.15) is 0 Å². The fraction of sp³-hybridized carbons (Fsp3) is 0.0370. The summed E-state index contributed by atoms with van der Waals surface area (Å²) in [5, 5.41) is 7.95. The molecule has 0 unspecified atom stereocenters. The number of anilines is 6. The average molecular weight is 797 g/mol. The molecule has 292 valence electrons. The summed E-state index contributed by atoms with van der Waals surface area (Å²) < 4.78 is 49.2. The number of halogens is 2.